The third-order valence-corrected chi connectivity index (χ3v) is 4.58. The molecule has 1 aliphatic carbocycles. The first-order valence-electron chi connectivity index (χ1n) is 5.41. The summed E-state index contributed by atoms with van der Waals surface area (Å²) in [4.78, 5) is 0. The van der Waals surface area contributed by atoms with E-state index >= 15 is 0 Å². The SMILES string of the molecule is FC(F)C1CCN(SCC2CCC2)C1. The second-order valence-electron chi connectivity index (χ2n) is 4.36. The predicted molar refractivity (Wildman–Crippen MR) is 55.5 cm³/mol. The Bertz CT molecular complexity index is 185. The normalized spacial score (nSPS) is 29.8. The van der Waals surface area contributed by atoms with E-state index in [1.54, 1.807) is 11.9 Å². The van der Waals surface area contributed by atoms with Gasteiger partial charge in [-0.1, -0.05) is 18.4 Å². The quantitative estimate of drug-likeness (QED) is 0.671. The highest BCUT2D eigenvalue weighted by atomic mass is 32.2. The van der Waals surface area contributed by atoms with Crippen LogP contribution in [0.3, 0.4) is 0 Å². The van der Waals surface area contributed by atoms with Crippen molar-refractivity contribution in [1.29, 1.82) is 0 Å². The largest absolute Gasteiger partial charge is 0.250 e. The molecule has 0 aromatic rings. The van der Waals surface area contributed by atoms with Crippen molar-refractivity contribution < 1.29 is 8.78 Å². The van der Waals surface area contributed by atoms with E-state index < -0.39 is 6.43 Å². The molecule has 1 saturated heterocycles. The van der Waals surface area contributed by atoms with Gasteiger partial charge in [0, 0.05) is 24.8 Å². The first-order chi connectivity index (χ1) is 6.75. The molecule has 0 radical (unpaired) electrons. The van der Waals surface area contributed by atoms with E-state index in [1.807, 2.05) is 0 Å². The number of alkyl halides is 2. The lowest BCUT2D eigenvalue weighted by Crippen LogP contribution is -2.20. The van der Waals surface area contributed by atoms with Crippen molar-refractivity contribution in [3.63, 3.8) is 0 Å². The maximum Gasteiger partial charge on any atom is 0.242 e. The van der Waals surface area contributed by atoms with Gasteiger partial charge < -0.3 is 0 Å². The number of hydrogen-bond acceptors (Lipinski definition) is 2. The molecule has 0 aromatic carbocycles. The van der Waals surface area contributed by atoms with Crippen molar-refractivity contribution in [1.82, 2.24) is 4.31 Å². The molecule has 4 heteroatoms. The third kappa shape index (κ3) is 2.60. The summed E-state index contributed by atoms with van der Waals surface area (Å²) >= 11 is 1.79. The van der Waals surface area contributed by atoms with Crippen LogP contribution in [-0.2, 0) is 0 Å². The monoisotopic (exact) mass is 221 g/mol. The van der Waals surface area contributed by atoms with Crippen LogP contribution >= 0.6 is 11.9 Å². The summed E-state index contributed by atoms with van der Waals surface area (Å²) in [5.41, 5.74) is 0. The lowest BCUT2D eigenvalue weighted by molar-refractivity contribution is 0.0849. The van der Waals surface area contributed by atoms with Crippen LogP contribution in [0.25, 0.3) is 0 Å². The van der Waals surface area contributed by atoms with Crippen molar-refractivity contribution in [2.24, 2.45) is 11.8 Å². The summed E-state index contributed by atoms with van der Waals surface area (Å²) in [6.45, 7) is 1.45. The molecule has 0 N–H and O–H groups in total. The molecule has 2 aliphatic rings. The summed E-state index contributed by atoms with van der Waals surface area (Å²) < 4.78 is 26.8. The van der Waals surface area contributed by atoms with Crippen molar-refractivity contribution in [3.8, 4) is 0 Å². The molecule has 0 spiro atoms. The summed E-state index contributed by atoms with van der Waals surface area (Å²) in [7, 11) is 0. The molecule has 0 bridgehead atoms. The number of hydrogen-bond donors (Lipinski definition) is 0. The Morgan fingerprint density at radius 1 is 1.29 bits per heavy atom. The Hall–Kier alpha value is 0.170. The predicted octanol–water partition coefficient (Wildman–Crippen LogP) is 3.02. The fourth-order valence-electron chi connectivity index (χ4n) is 1.95. The molecule has 82 valence electrons. The van der Waals surface area contributed by atoms with Gasteiger partial charge in [-0.15, -0.1) is 0 Å². The van der Waals surface area contributed by atoms with Crippen LogP contribution in [0.1, 0.15) is 25.7 Å². The molecule has 14 heavy (non-hydrogen) atoms. The van der Waals surface area contributed by atoms with Crippen LogP contribution in [0.15, 0.2) is 0 Å². The molecular formula is C10H17F2NS. The first-order valence-corrected chi connectivity index (χ1v) is 6.36. The molecule has 1 atom stereocenters. The maximum atomic E-state index is 12.4. The van der Waals surface area contributed by atoms with Crippen LogP contribution in [0.5, 0.6) is 0 Å². The molecule has 1 nitrogen and oxygen atoms in total. The third-order valence-electron chi connectivity index (χ3n) is 3.26. The standard InChI is InChI=1S/C10H17F2NS/c11-10(12)9-4-5-13(6-9)14-7-8-2-1-3-8/h8-10H,1-7H2. The average Bonchev–Trinajstić information content (AvgIpc) is 2.50. The first kappa shape index (κ1) is 10.7. The van der Waals surface area contributed by atoms with Crippen LogP contribution in [-0.4, -0.2) is 29.6 Å². The van der Waals surface area contributed by atoms with Crippen LogP contribution in [0, 0.1) is 11.8 Å². The van der Waals surface area contributed by atoms with Crippen LogP contribution < -0.4 is 0 Å². The fourth-order valence-corrected chi connectivity index (χ4v) is 3.23. The minimum Gasteiger partial charge on any atom is -0.250 e. The summed E-state index contributed by atoms with van der Waals surface area (Å²) in [5.74, 6) is 1.64. The highest BCUT2D eigenvalue weighted by Gasteiger charge is 2.30. The molecule has 1 heterocycles. The molecule has 1 aliphatic heterocycles. The van der Waals surface area contributed by atoms with E-state index in [-0.39, 0.29) is 5.92 Å². The average molecular weight is 221 g/mol. The van der Waals surface area contributed by atoms with Crippen molar-refractivity contribution in [2.75, 3.05) is 18.8 Å². The van der Waals surface area contributed by atoms with Gasteiger partial charge in [0.15, 0.2) is 0 Å². The minimum atomic E-state index is -2.12. The van der Waals surface area contributed by atoms with Crippen LogP contribution in [0.2, 0.25) is 0 Å². The minimum absolute atomic E-state index is 0.371. The lowest BCUT2D eigenvalue weighted by Gasteiger charge is -2.26. The lowest BCUT2D eigenvalue weighted by atomic mass is 9.87. The second kappa shape index (κ2) is 4.79. The Kier molecular flexibility index (Phi) is 3.66. The van der Waals surface area contributed by atoms with Gasteiger partial charge in [0.2, 0.25) is 6.43 Å². The Morgan fingerprint density at radius 3 is 2.57 bits per heavy atom. The van der Waals surface area contributed by atoms with E-state index in [4.69, 9.17) is 0 Å². The van der Waals surface area contributed by atoms with Crippen molar-refractivity contribution >= 4 is 11.9 Å². The van der Waals surface area contributed by atoms with E-state index in [9.17, 15) is 8.78 Å². The molecule has 1 unspecified atom stereocenters. The number of halogens is 2. The highest BCUT2D eigenvalue weighted by molar-refractivity contribution is 7.97. The van der Waals surface area contributed by atoms with Crippen LogP contribution in [0.4, 0.5) is 8.78 Å². The van der Waals surface area contributed by atoms with E-state index in [0.29, 0.717) is 13.0 Å². The number of rotatable bonds is 4. The van der Waals surface area contributed by atoms with Crippen molar-refractivity contribution in [2.45, 2.75) is 32.1 Å². The van der Waals surface area contributed by atoms with E-state index in [1.165, 1.54) is 19.3 Å². The molecule has 2 fully saturated rings. The Morgan fingerprint density at radius 2 is 2.07 bits per heavy atom. The molecule has 2 rings (SSSR count). The smallest absolute Gasteiger partial charge is 0.242 e. The zero-order chi connectivity index (χ0) is 9.97. The topological polar surface area (TPSA) is 3.24 Å². The van der Waals surface area contributed by atoms with Crippen molar-refractivity contribution in [3.05, 3.63) is 0 Å². The maximum absolute atomic E-state index is 12.4. The highest BCUT2D eigenvalue weighted by Crippen LogP contribution is 2.33. The van der Waals surface area contributed by atoms with Gasteiger partial charge in [-0.05, 0) is 25.2 Å². The summed E-state index contributed by atoms with van der Waals surface area (Å²) in [6, 6.07) is 0. The van der Waals surface area contributed by atoms with Gasteiger partial charge in [0.25, 0.3) is 0 Å². The summed E-state index contributed by atoms with van der Waals surface area (Å²) in [6.07, 6.45) is 2.61. The van der Waals surface area contributed by atoms with E-state index in [0.717, 1.165) is 18.2 Å². The van der Waals surface area contributed by atoms with Gasteiger partial charge in [0.1, 0.15) is 0 Å². The molecular weight excluding hydrogens is 204 g/mol. The summed E-state index contributed by atoms with van der Waals surface area (Å²) in [5, 5.41) is 0. The van der Waals surface area contributed by atoms with Gasteiger partial charge >= 0.3 is 0 Å². The zero-order valence-electron chi connectivity index (χ0n) is 8.29. The zero-order valence-corrected chi connectivity index (χ0v) is 9.11. The van der Waals surface area contributed by atoms with Gasteiger partial charge in [-0.25, -0.2) is 8.78 Å². The Labute approximate surface area is 88.4 Å². The fraction of sp³-hybridized carbons (Fsp3) is 1.00. The second-order valence-corrected chi connectivity index (χ2v) is 5.47. The van der Waals surface area contributed by atoms with Gasteiger partial charge in [-0.3, -0.25) is 4.31 Å². The molecule has 0 aromatic heterocycles. The van der Waals surface area contributed by atoms with E-state index in [2.05, 4.69) is 4.31 Å². The molecule has 1 saturated carbocycles. The molecule has 0 amide bonds. The van der Waals surface area contributed by atoms with Gasteiger partial charge in [-0.2, -0.15) is 0 Å². The number of nitrogens with zero attached hydrogens (tertiary/aromatic N) is 1. The van der Waals surface area contributed by atoms with Gasteiger partial charge in [0.05, 0.1) is 0 Å². The Balaban J connectivity index is 1.62.